The lowest BCUT2D eigenvalue weighted by Crippen LogP contribution is -2.38. The van der Waals surface area contributed by atoms with Crippen molar-refractivity contribution in [1.29, 1.82) is 0 Å². The summed E-state index contributed by atoms with van der Waals surface area (Å²) in [4.78, 5) is 28.6. The number of aryl methyl sites for hydroxylation is 2. The molecule has 10 heteroatoms. The number of aromatic hydroxyl groups is 1. The number of alkyl halides is 3. The Morgan fingerprint density at radius 3 is 2.50 bits per heavy atom. The summed E-state index contributed by atoms with van der Waals surface area (Å²) in [5, 5.41) is 9.81. The molecule has 4 rings (SSSR count). The van der Waals surface area contributed by atoms with Gasteiger partial charge in [0.15, 0.2) is 0 Å². The molecule has 0 aliphatic carbocycles. The van der Waals surface area contributed by atoms with Crippen molar-refractivity contribution < 1.29 is 37.3 Å². The number of unbranched alkanes of at least 4 members (excludes halogenated alkanes) is 2. The Kier molecular flexibility index (Phi) is 8.85. The maximum absolute atomic E-state index is 12.9. The molecule has 0 fully saturated rings. The summed E-state index contributed by atoms with van der Waals surface area (Å²) in [5.74, 6) is -0.420. The van der Waals surface area contributed by atoms with Gasteiger partial charge in [0, 0.05) is 19.6 Å². The van der Waals surface area contributed by atoms with E-state index in [1.807, 2.05) is 4.90 Å². The molecule has 2 heterocycles. The zero-order valence-corrected chi connectivity index (χ0v) is 23.3. The van der Waals surface area contributed by atoms with Gasteiger partial charge in [-0.05, 0) is 99.7 Å². The number of phenolic OH excluding ortho intramolecular Hbond substituents is 1. The minimum Gasteiger partial charge on any atom is -0.508 e. The molecule has 2 aromatic rings. The number of benzene rings is 2. The lowest BCUT2D eigenvalue weighted by atomic mass is 9.95. The summed E-state index contributed by atoms with van der Waals surface area (Å²) < 4.78 is 48.2. The first-order valence-electron chi connectivity index (χ1n) is 13.8. The van der Waals surface area contributed by atoms with E-state index in [4.69, 9.17) is 4.74 Å². The molecule has 2 aliphatic heterocycles. The van der Waals surface area contributed by atoms with Gasteiger partial charge in [0.05, 0.1) is 12.1 Å². The Bertz CT molecular complexity index is 1240. The van der Waals surface area contributed by atoms with Crippen LogP contribution in [0.25, 0.3) is 0 Å². The molecule has 40 heavy (non-hydrogen) atoms. The van der Waals surface area contributed by atoms with Gasteiger partial charge < -0.3 is 24.4 Å². The molecule has 0 saturated carbocycles. The van der Waals surface area contributed by atoms with Gasteiger partial charge in [-0.1, -0.05) is 18.6 Å². The van der Waals surface area contributed by atoms with Crippen molar-refractivity contribution in [3.63, 3.8) is 0 Å². The van der Waals surface area contributed by atoms with Gasteiger partial charge in [-0.25, -0.2) is 4.79 Å². The molecule has 0 unspecified atom stereocenters. The van der Waals surface area contributed by atoms with Crippen LogP contribution < -0.4 is 9.64 Å². The van der Waals surface area contributed by atoms with Gasteiger partial charge in [0.1, 0.15) is 17.1 Å². The molecule has 0 aromatic heterocycles. The van der Waals surface area contributed by atoms with Crippen LogP contribution in [0, 0.1) is 0 Å². The second-order valence-corrected chi connectivity index (χ2v) is 11.5. The van der Waals surface area contributed by atoms with Crippen molar-refractivity contribution in [1.82, 2.24) is 4.90 Å². The summed E-state index contributed by atoms with van der Waals surface area (Å²) in [6.45, 7) is 6.54. The molecular weight excluding hydrogens is 525 g/mol. The number of carbonyl (C=O) groups is 2. The lowest BCUT2D eigenvalue weighted by molar-refractivity contribution is -0.274. The van der Waals surface area contributed by atoms with Gasteiger partial charge in [-0.15, -0.1) is 13.2 Å². The Labute approximate surface area is 232 Å². The van der Waals surface area contributed by atoms with Gasteiger partial charge >= 0.3 is 12.5 Å². The maximum Gasteiger partial charge on any atom is 0.573 e. The van der Waals surface area contributed by atoms with Crippen LogP contribution in [0.1, 0.15) is 68.7 Å². The molecule has 0 saturated heterocycles. The van der Waals surface area contributed by atoms with E-state index in [1.165, 1.54) is 22.1 Å². The first kappa shape index (κ1) is 29.6. The number of ether oxygens (including phenoxy) is 2. The predicted molar refractivity (Wildman–Crippen MR) is 145 cm³/mol. The fourth-order valence-corrected chi connectivity index (χ4v) is 5.37. The van der Waals surface area contributed by atoms with Crippen molar-refractivity contribution in [2.75, 3.05) is 24.5 Å². The van der Waals surface area contributed by atoms with Crippen molar-refractivity contribution in [3.05, 3.63) is 52.6 Å². The first-order valence-corrected chi connectivity index (χ1v) is 13.8. The highest BCUT2D eigenvalue weighted by molar-refractivity contribution is 6.02. The molecule has 0 bridgehead atoms. The highest BCUT2D eigenvalue weighted by atomic mass is 19.4. The molecule has 0 radical (unpaired) electrons. The monoisotopic (exact) mass is 562 g/mol. The molecular formula is C30H37F3N2O5. The van der Waals surface area contributed by atoms with E-state index in [9.17, 15) is 27.9 Å². The summed E-state index contributed by atoms with van der Waals surface area (Å²) >= 11 is 0. The number of halogens is 3. The Balaban J connectivity index is 1.34. The number of rotatable bonds is 10. The SMILES string of the molecule is CC(C)(C)OC(=O)N(CCCCCc1cc2c3c(c1)CC(=O)N3CCC2)CCc1cc(O)ccc1OC(F)(F)F. The summed E-state index contributed by atoms with van der Waals surface area (Å²) in [6, 6.07) is 7.76. The van der Waals surface area contributed by atoms with E-state index in [1.54, 1.807) is 20.8 Å². The van der Waals surface area contributed by atoms with Gasteiger partial charge in [0.2, 0.25) is 5.91 Å². The molecule has 7 nitrogen and oxygen atoms in total. The normalized spacial score (nSPS) is 14.8. The molecule has 0 spiro atoms. The second-order valence-electron chi connectivity index (χ2n) is 11.5. The average Bonchev–Trinajstić information content (AvgIpc) is 3.16. The topological polar surface area (TPSA) is 79.3 Å². The van der Waals surface area contributed by atoms with Gasteiger partial charge in [0.25, 0.3) is 0 Å². The van der Waals surface area contributed by atoms with Crippen LogP contribution in [0.5, 0.6) is 11.5 Å². The average molecular weight is 563 g/mol. The number of carbonyl (C=O) groups excluding carboxylic acids is 2. The van der Waals surface area contributed by atoms with E-state index in [2.05, 4.69) is 16.9 Å². The number of phenols is 1. The fourth-order valence-electron chi connectivity index (χ4n) is 5.37. The molecule has 0 atom stereocenters. The summed E-state index contributed by atoms with van der Waals surface area (Å²) in [7, 11) is 0. The molecule has 1 N–H and O–H groups in total. The Morgan fingerprint density at radius 1 is 1.02 bits per heavy atom. The highest BCUT2D eigenvalue weighted by Gasteiger charge is 2.33. The van der Waals surface area contributed by atoms with Gasteiger partial charge in [-0.3, -0.25) is 4.79 Å². The largest absolute Gasteiger partial charge is 0.573 e. The zero-order valence-electron chi connectivity index (χ0n) is 23.3. The Morgan fingerprint density at radius 2 is 1.77 bits per heavy atom. The zero-order chi connectivity index (χ0) is 29.1. The van der Waals surface area contributed by atoms with E-state index in [-0.39, 0.29) is 30.2 Å². The third-order valence-corrected chi connectivity index (χ3v) is 7.03. The number of nitrogens with zero attached hydrogens (tertiary/aromatic N) is 2. The molecule has 218 valence electrons. The number of anilines is 1. The number of hydrogen-bond donors (Lipinski definition) is 1. The highest BCUT2D eigenvalue weighted by Crippen LogP contribution is 2.38. The quantitative estimate of drug-likeness (QED) is 0.343. The summed E-state index contributed by atoms with van der Waals surface area (Å²) in [5.41, 5.74) is 4.12. The third-order valence-electron chi connectivity index (χ3n) is 7.03. The van der Waals surface area contributed by atoms with Crippen LogP contribution in [-0.4, -0.2) is 53.6 Å². The van der Waals surface area contributed by atoms with Crippen LogP contribution in [0.15, 0.2) is 30.3 Å². The fraction of sp³-hybridized carbons (Fsp3) is 0.533. The Hall–Kier alpha value is -3.43. The van der Waals surface area contributed by atoms with Crippen molar-refractivity contribution >= 4 is 17.7 Å². The van der Waals surface area contributed by atoms with E-state index >= 15 is 0 Å². The number of hydrogen-bond acceptors (Lipinski definition) is 5. The minimum absolute atomic E-state index is 0.0483. The van der Waals surface area contributed by atoms with Crippen molar-refractivity contribution in [2.24, 2.45) is 0 Å². The van der Waals surface area contributed by atoms with Crippen LogP contribution >= 0.6 is 0 Å². The smallest absolute Gasteiger partial charge is 0.508 e. The maximum atomic E-state index is 12.9. The van der Waals surface area contributed by atoms with E-state index in [0.717, 1.165) is 62.0 Å². The summed E-state index contributed by atoms with van der Waals surface area (Å²) in [6.07, 6.45) is 0.355. The van der Waals surface area contributed by atoms with Crippen molar-refractivity contribution in [2.45, 2.75) is 84.1 Å². The number of amides is 2. The van der Waals surface area contributed by atoms with E-state index in [0.29, 0.717) is 19.4 Å². The molecule has 2 aromatic carbocycles. The van der Waals surface area contributed by atoms with Crippen LogP contribution in [0.2, 0.25) is 0 Å². The molecule has 2 aliphatic rings. The lowest BCUT2D eigenvalue weighted by Gasteiger charge is -2.28. The van der Waals surface area contributed by atoms with Gasteiger partial charge in [-0.2, -0.15) is 0 Å². The minimum atomic E-state index is -4.87. The molecule has 2 amide bonds. The first-order chi connectivity index (χ1) is 18.8. The second kappa shape index (κ2) is 12.0. The van der Waals surface area contributed by atoms with Crippen LogP contribution in [0.3, 0.4) is 0 Å². The third kappa shape index (κ3) is 7.82. The standard InChI is InChI=1S/C30H37F3N2O5/c1-29(2,3)40-28(38)34(15-12-21-18-24(36)10-11-25(21)39-30(31,32)33)13-6-4-5-8-20-16-22-9-7-14-35-26(37)19-23(17-20)27(22)35/h10-11,16-18,36H,4-9,12-15,19H2,1-3H3. The van der Waals surface area contributed by atoms with Crippen LogP contribution in [0.4, 0.5) is 23.7 Å². The van der Waals surface area contributed by atoms with Crippen molar-refractivity contribution in [3.8, 4) is 11.5 Å². The van der Waals surface area contributed by atoms with E-state index < -0.39 is 23.8 Å². The predicted octanol–water partition coefficient (Wildman–Crippen LogP) is 6.32. The van der Waals surface area contributed by atoms with Crippen LogP contribution in [-0.2, 0) is 35.2 Å².